The molecule has 0 amide bonds. The Morgan fingerprint density at radius 1 is 0.652 bits per heavy atom. The first-order valence-corrected chi connectivity index (χ1v) is 15.8. The molecular weight excluding hydrogens is 580 g/mol. The second kappa shape index (κ2) is 16.7. The summed E-state index contributed by atoms with van der Waals surface area (Å²) in [5.41, 5.74) is 2.78. The van der Waals surface area contributed by atoms with Crippen molar-refractivity contribution < 1.29 is 33.2 Å². The molecule has 4 aromatic rings. The maximum atomic E-state index is 13.0. The van der Waals surface area contributed by atoms with Gasteiger partial charge in [0, 0.05) is 6.42 Å². The van der Waals surface area contributed by atoms with Crippen molar-refractivity contribution in [2.75, 3.05) is 13.2 Å². The smallest absolute Gasteiger partial charge is 0.163 e. The molecule has 0 spiro atoms. The van der Waals surface area contributed by atoms with Crippen LogP contribution in [0, 0.1) is 0 Å². The maximum absolute atomic E-state index is 13.0. The van der Waals surface area contributed by atoms with Gasteiger partial charge in [0.05, 0.1) is 39.6 Å². The zero-order valence-electron chi connectivity index (χ0n) is 26.7. The molecule has 0 aromatic heterocycles. The zero-order valence-corrected chi connectivity index (χ0v) is 26.7. The van der Waals surface area contributed by atoms with Gasteiger partial charge >= 0.3 is 0 Å². The molecule has 46 heavy (non-hydrogen) atoms. The molecule has 4 atom stereocenters. The summed E-state index contributed by atoms with van der Waals surface area (Å²) in [4.78, 5) is 13.0. The van der Waals surface area contributed by atoms with Crippen LogP contribution in [-0.4, -0.2) is 49.2 Å². The summed E-state index contributed by atoms with van der Waals surface area (Å²) in [6, 6.07) is 39.6. The Morgan fingerprint density at radius 3 is 1.59 bits per heavy atom. The van der Waals surface area contributed by atoms with Crippen LogP contribution in [0.25, 0.3) is 0 Å². The molecule has 4 aromatic carbocycles. The highest BCUT2D eigenvalue weighted by molar-refractivity contribution is 5.58. The van der Waals surface area contributed by atoms with Crippen LogP contribution >= 0.6 is 0 Å². The van der Waals surface area contributed by atoms with Crippen molar-refractivity contribution in [2.24, 2.45) is 0 Å². The summed E-state index contributed by atoms with van der Waals surface area (Å²) >= 11 is 0. The number of hydrogen-bond acceptors (Lipinski definition) is 7. The van der Waals surface area contributed by atoms with Crippen molar-refractivity contribution in [1.29, 1.82) is 0 Å². The normalized spacial score (nSPS) is 19.6. The van der Waals surface area contributed by atoms with E-state index < -0.39 is 29.7 Å². The summed E-state index contributed by atoms with van der Waals surface area (Å²) in [6.45, 7) is 5.47. The fourth-order valence-corrected chi connectivity index (χ4v) is 5.80. The molecular formula is C39H44O7. The Hall–Kier alpha value is -3.69. The molecule has 7 heteroatoms. The van der Waals surface area contributed by atoms with E-state index in [1.54, 1.807) is 0 Å². The number of carbonyl (C=O) groups is 1. The van der Waals surface area contributed by atoms with Crippen LogP contribution in [0.2, 0.25) is 0 Å². The van der Waals surface area contributed by atoms with Gasteiger partial charge in [-0.05, 0) is 36.1 Å². The number of ether oxygens (including phenoxy) is 6. The van der Waals surface area contributed by atoms with Gasteiger partial charge in [-0.3, -0.25) is 0 Å². The first-order chi connectivity index (χ1) is 22.5. The minimum Gasteiger partial charge on any atom is -0.374 e. The monoisotopic (exact) mass is 624 g/mol. The molecule has 0 unspecified atom stereocenters. The van der Waals surface area contributed by atoms with Crippen LogP contribution in [0.3, 0.4) is 0 Å². The Balaban J connectivity index is 1.51. The van der Waals surface area contributed by atoms with Gasteiger partial charge in [-0.1, -0.05) is 121 Å². The van der Waals surface area contributed by atoms with E-state index in [4.69, 9.17) is 28.4 Å². The fraction of sp³-hybridized carbons (Fsp3) is 0.359. The number of rotatable bonds is 17. The summed E-state index contributed by atoms with van der Waals surface area (Å²) < 4.78 is 39.1. The van der Waals surface area contributed by atoms with Crippen LogP contribution < -0.4 is 0 Å². The highest BCUT2D eigenvalue weighted by Crippen LogP contribution is 2.41. The molecule has 0 bridgehead atoms. The summed E-state index contributed by atoms with van der Waals surface area (Å²) in [5.74, 6) is -0.993. The highest BCUT2D eigenvalue weighted by Gasteiger charge is 2.56. The number of carbonyl (C=O) groups excluding carboxylic acids is 1. The zero-order chi connectivity index (χ0) is 32.1. The summed E-state index contributed by atoms with van der Waals surface area (Å²) in [5, 5.41) is 0. The molecule has 5 rings (SSSR count). The first-order valence-electron chi connectivity index (χ1n) is 15.8. The van der Waals surface area contributed by atoms with E-state index in [0.717, 1.165) is 28.5 Å². The SMILES string of the molecule is CC1(C)OCC[C@]([C@H](OCc2ccccc2)[C@H](C=O)OCc2ccccc2)([C@@H](COCc2ccccc2)OCc2ccccc2)O1. The molecule has 1 heterocycles. The van der Waals surface area contributed by atoms with Crippen molar-refractivity contribution in [3.63, 3.8) is 0 Å². The molecule has 1 aliphatic rings. The van der Waals surface area contributed by atoms with Gasteiger partial charge in [0.25, 0.3) is 0 Å². The van der Waals surface area contributed by atoms with E-state index in [1.165, 1.54) is 0 Å². The standard InChI is InChI=1S/C39H44O7/c1-38(2)45-24-23-39(46-38,36(43-28-33-19-11-5-12-20-33)30-41-26-31-15-7-3-8-16-31)37(44-29-34-21-13-6-14-22-34)35(25-40)42-27-32-17-9-4-10-18-32/h3-22,25,35-37H,23-24,26-30H2,1-2H3/t35-,36+,37+,39+/m0/s1. The van der Waals surface area contributed by atoms with E-state index >= 15 is 0 Å². The van der Waals surface area contributed by atoms with E-state index in [2.05, 4.69) is 0 Å². The van der Waals surface area contributed by atoms with Crippen LogP contribution in [0.1, 0.15) is 42.5 Å². The Bertz CT molecular complexity index is 1430. The lowest BCUT2D eigenvalue weighted by atomic mass is 9.82. The van der Waals surface area contributed by atoms with Crippen molar-refractivity contribution in [1.82, 2.24) is 0 Å². The van der Waals surface area contributed by atoms with Crippen LogP contribution in [0.4, 0.5) is 0 Å². The van der Waals surface area contributed by atoms with E-state index in [-0.39, 0.29) is 19.8 Å². The predicted molar refractivity (Wildman–Crippen MR) is 176 cm³/mol. The third-order valence-electron chi connectivity index (χ3n) is 8.07. The lowest BCUT2D eigenvalue weighted by molar-refractivity contribution is -0.367. The predicted octanol–water partition coefficient (Wildman–Crippen LogP) is 7.07. The maximum Gasteiger partial charge on any atom is 0.163 e. The number of aldehydes is 1. The quantitative estimate of drug-likeness (QED) is 0.116. The van der Waals surface area contributed by atoms with Gasteiger partial charge in [0.15, 0.2) is 12.1 Å². The van der Waals surface area contributed by atoms with Gasteiger partial charge < -0.3 is 33.2 Å². The minimum atomic E-state index is -1.18. The molecule has 1 aliphatic heterocycles. The van der Waals surface area contributed by atoms with Crippen LogP contribution in [0.5, 0.6) is 0 Å². The Morgan fingerprint density at radius 2 is 1.11 bits per heavy atom. The third kappa shape index (κ3) is 9.42. The second-order valence-corrected chi connectivity index (χ2v) is 12.0. The molecule has 0 N–H and O–H groups in total. The lowest BCUT2D eigenvalue weighted by Gasteiger charge is -2.52. The molecule has 242 valence electrons. The van der Waals surface area contributed by atoms with Gasteiger partial charge in [-0.2, -0.15) is 0 Å². The van der Waals surface area contributed by atoms with Gasteiger partial charge in [-0.15, -0.1) is 0 Å². The fourth-order valence-electron chi connectivity index (χ4n) is 5.80. The minimum absolute atomic E-state index is 0.188. The Labute approximate surface area is 272 Å². The third-order valence-corrected chi connectivity index (χ3v) is 8.07. The van der Waals surface area contributed by atoms with Gasteiger partial charge in [0.2, 0.25) is 0 Å². The van der Waals surface area contributed by atoms with Gasteiger partial charge in [-0.25, -0.2) is 0 Å². The highest BCUT2D eigenvalue weighted by atomic mass is 16.7. The molecule has 0 aliphatic carbocycles. The van der Waals surface area contributed by atoms with E-state index in [9.17, 15) is 4.79 Å². The molecule has 0 saturated carbocycles. The summed E-state index contributed by atoms with van der Waals surface area (Å²) in [7, 11) is 0. The van der Waals surface area contributed by atoms with E-state index in [0.29, 0.717) is 26.2 Å². The molecule has 7 nitrogen and oxygen atoms in total. The second-order valence-electron chi connectivity index (χ2n) is 12.0. The van der Waals surface area contributed by atoms with Crippen LogP contribution in [-0.2, 0) is 59.6 Å². The topological polar surface area (TPSA) is 72.5 Å². The summed E-state index contributed by atoms with van der Waals surface area (Å²) in [6.07, 6.45) is -1.29. The number of hydrogen-bond donors (Lipinski definition) is 0. The largest absolute Gasteiger partial charge is 0.374 e. The van der Waals surface area contributed by atoms with Crippen molar-refractivity contribution in [3.8, 4) is 0 Å². The van der Waals surface area contributed by atoms with Crippen LogP contribution in [0.15, 0.2) is 121 Å². The number of benzene rings is 4. The molecule has 1 fully saturated rings. The molecule has 1 saturated heterocycles. The Kier molecular flexibility index (Phi) is 12.3. The lowest BCUT2D eigenvalue weighted by Crippen LogP contribution is -2.67. The van der Waals surface area contributed by atoms with Gasteiger partial charge in [0.1, 0.15) is 23.9 Å². The average molecular weight is 625 g/mol. The average Bonchev–Trinajstić information content (AvgIpc) is 3.09. The molecule has 0 radical (unpaired) electrons. The first kappa shape index (κ1) is 33.7. The van der Waals surface area contributed by atoms with E-state index in [1.807, 2.05) is 135 Å². The van der Waals surface area contributed by atoms with Crippen molar-refractivity contribution in [2.45, 2.75) is 76.4 Å². The van der Waals surface area contributed by atoms with Crippen molar-refractivity contribution in [3.05, 3.63) is 144 Å². The van der Waals surface area contributed by atoms with Crippen molar-refractivity contribution >= 4 is 6.29 Å².